The molecular weight excluding hydrogens is 359 g/mol. The molecule has 0 saturated heterocycles. The molecule has 0 spiro atoms. The first kappa shape index (κ1) is 19.5. The summed E-state index contributed by atoms with van der Waals surface area (Å²) in [5.74, 6) is -0.125. The van der Waals surface area contributed by atoms with Crippen molar-refractivity contribution in [2.75, 3.05) is 7.11 Å². The Morgan fingerprint density at radius 1 is 1.22 bits per heavy atom. The summed E-state index contributed by atoms with van der Waals surface area (Å²) in [4.78, 5) is 23.0. The fourth-order valence-electron chi connectivity index (χ4n) is 1.94. The first-order chi connectivity index (χ1) is 11.0. The molecule has 5 heteroatoms. The van der Waals surface area contributed by atoms with E-state index in [0.29, 0.717) is 17.0 Å². The Morgan fingerprint density at radius 2 is 1.91 bits per heavy atom. The van der Waals surface area contributed by atoms with Crippen molar-refractivity contribution in [2.24, 2.45) is 5.92 Å². The van der Waals surface area contributed by atoms with Gasteiger partial charge in [-0.15, -0.1) is 0 Å². The van der Waals surface area contributed by atoms with Crippen LogP contribution in [0.25, 0.3) is 0 Å². The molecule has 0 fully saturated rings. The maximum atomic E-state index is 12.0. The van der Waals surface area contributed by atoms with Crippen LogP contribution in [0, 0.1) is 5.92 Å². The SMILES string of the molecule is COC(=O)/C=C/OC(CCCC(=O)[Se]c1ccccc1)C(C)C. The van der Waals surface area contributed by atoms with Crippen molar-refractivity contribution in [3.05, 3.63) is 42.7 Å². The fourth-order valence-corrected chi connectivity index (χ4v) is 3.62. The number of esters is 1. The zero-order chi connectivity index (χ0) is 17.1. The van der Waals surface area contributed by atoms with Gasteiger partial charge < -0.3 is 0 Å². The van der Waals surface area contributed by atoms with E-state index in [0.717, 1.165) is 17.3 Å². The van der Waals surface area contributed by atoms with Crippen molar-refractivity contribution in [3.63, 3.8) is 0 Å². The van der Waals surface area contributed by atoms with Gasteiger partial charge in [0, 0.05) is 0 Å². The molecule has 23 heavy (non-hydrogen) atoms. The average molecular weight is 383 g/mol. The molecule has 4 nitrogen and oxygen atoms in total. The van der Waals surface area contributed by atoms with Crippen molar-refractivity contribution in [2.45, 2.75) is 39.2 Å². The van der Waals surface area contributed by atoms with Crippen molar-refractivity contribution in [1.82, 2.24) is 0 Å². The van der Waals surface area contributed by atoms with Crippen LogP contribution < -0.4 is 4.46 Å². The Bertz CT molecular complexity index is 511. The van der Waals surface area contributed by atoms with Gasteiger partial charge in [-0.25, -0.2) is 0 Å². The quantitative estimate of drug-likeness (QED) is 0.270. The van der Waals surface area contributed by atoms with Crippen LogP contribution in [0.5, 0.6) is 0 Å². The zero-order valence-corrected chi connectivity index (χ0v) is 15.6. The van der Waals surface area contributed by atoms with E-state index in [4.69, 9.17) is 4.74 Å². The molecule has 0 aliphatic rings. The maximum absolute atomic E-state index is 12.0. The third-order valence-electron chi connectivity index (χ3n) is 3.25. The first-order valence-electron chi connectivity index (χ1n) is 7.68. The molecule has 1 aromatic carbocycles. The molecule has 126 valence electrons. The number of methoxy groups -OCH3 is 1. The molecule has 0 radical (unpaired) electrons. The van der Waals surface area contributed by atoms with Crippen molar-refractivity contribution < 1.29 is 19.1 Å². The van der Waals surface area contributed by atoms with Crippen LogP contribution in [-0.4, -0.2) is 38.8 Å². The monoisotopic (exact) mass is 384 g/mol. The number of ether oxygens (including phenoxy) is 2. The predicted molar refractivity (Wildman–Crippen MR) is 91.6 cm³/mol. The topological polar surface area (TPSA) is 52.6 Å². The standard InChI is InChI=1S/C18H24O4Se/c1-14(2)16(22-13-12-17(19)21-3)10-7-11-18(20)23-15-8-5-4-6-9-15/h4-6,8-9,12-14,16H,7,10-11H2,1-3H3/b13-12+. The Balaban J connectivity index is 2.33. The third-order valence-corrected chi connectivity index (χ3v) is 5.22. The molecule has 0 aliphatic heterocycles. The van der Waals surface area contributed by atoms with Gasteiger partial charge in [-0.3, -0.25) is 0 Å². The summed E-state index contributed by atoms with van der Waals surface area (Å²) in [6.07, 6.45) is 4.79. The average Bonchev–Trinajstić information content (AvgIpc) is 2.53. The van der Waals surface area contributed by atoms with Gasteiger partial charge in [-0.2, -0.15) is 0 Å². The van der Waals surface area contributed by atoms with Gasteiger partial charge in [0.2, 0.25) is 0 Å². The molecule has 0 aliphatic carbocycles. The molecule has 1 rings (SSSR count). The van der Waals surface area contributed by atoms with Crippen LogP contribution in [0.3, 0.4) is 0 Å². The van der Waals surface area contributed by atoms with Crippen LogP contribution in [0.1, 0.15) is 33.1 Å². The van der Waals surface area contributed by atoms with Gasteiger partial charge in [0.1, 0.15) is 0 Å². The van der Waals surface area contributed by atoms with Crippen molar-refractivity contribution in [1.29, 1.82) is 0 Å². The van der Waals surface area contributed by atoms with E-state index >= 15 is 0 Å². The van der Waals surface area contributed by atoms with Gasteiger partial charge in [-0.1, -0.05) is 0 Å². The fraction of sp³-hybridized carbons (Fsp3) is 0.444. The number of hydrogen-bond acceptors (Lipinski definition) is 4. The molecule has 0 saturated carbocycles. The number of hydrogen-bond donors (Lipinski definition) is 0. The Hall–Kier alpha value is -1.58. The normalized spacial score (nSPS) is 12.3. The zero-order valence-electron chi connectivity index (χ0n) is 13.9. The number of carbonyl (C=O) groups is 2. The molecule has 0 bridgehead atoms. The minimum absolute atomic E-state index is 0.00654. The van der Waals surface area contributed by atoms with E-state index in [1.807, 2.05) is 30.3 Å². The van der Waals surface area contributed by atoms with E-state index in [2.05, 4.69) is 18.6 Å². The van der Waals surface area contributed by atoms with Crippen LogP contribution in [0.4, 0.5) is 0 Å². The summed E-state index contributed by atoms with van der Waals surface area (Å²) in [7, 11) is 1.33. The van der Waals surface area contributed by atoms with Crippen molar-refractivity contribution >= 4 is 30.1 Å². The molecular formula is C18H24O4Se. The Labute approximate surface area is 144 Å². The molecule has 1 unspecified atom stereocenters. The van der Waals surface area contributed by atoms with Gasteiger partial charge in [0.15, 0.2) is 0 Å². The second kappa shape index (κ2) is 11.0. The summed E-state index contributed by atoms with van der Waals surface area (Å²) in [6, 6.07) is 9.86. The second-order valence-corrected chi connectivity index (χ2v) is 7.80. The number of rotatable bonds is 10. The van der Waals surface area contributed by atoms with E-state index < -0.39 is 5.97 Å². The van der Waals surface area contributed by atoms with Crippen LogP contribution >= 0.6 is 0 Å². The second-order valence-electron chi connectivity index (χ2n) is 5.42. The van der Waals surface area contributed by atoms with E-state index in [1.54, 1.807) is 0 Å². The molecule has 0 aromatic heterocycles. The van der Waals surface area contributed by atoms with Gasteiger partial charge in [0.25, 0.3) is 0 Å². The van der Waals surface area contributed by atoms with E-state index in [9.17, 15) is 9.59 Å². The predicted octanol–water partition coefficient (Wildman–Crippen LogP) is 2.44. The summed E-state index contributed by atoms with van der Waals surface area (Å²) in [6.45, 7) is 4.12. The van der Waals surface area contributed by atoms with E-state index in [-0.39, 0.29) is 21.1 Å². The Kier molecular flexibility index (Phi) is 9.34. The molecule has 0 N–H and O–H groups in total. The molecule has 0 amide bonds. The molecule has 0 heterocycles. The van der Waals surface area contributed by atoms with Gasteiger partial charge >= 0.3 is 144 Å². The first-order valence-corrected chi connectivity index (χ1v) is 9.40. The molecule has 1 atom stereocenters. The number of benzene rings is 1. The minimum atomic E-state index is -0.437. The summed E-state index contributed by atoms with van der Waals surface area (Å²) in [5.41, 5.74) is 0. The molecule has 1 aromatic rings. The Morgan fingerprint density at radius 3 is 2.52 bits per heavy atom. The summed E-state index contributed by atoms with van der Waals surface area (Å²) >= 11 is -0.111. The van der Waals surface area contributed by atoms with Crippen molar-refractivity contribution in [3.8, 4) is 0 Å². The summed E-state index contributed by atoms with van der Waals surface area (Å²) in [5, 5.41) is 0. The third kappa shape index (κ3) is 8.58. The van der Waals surface area contributed by atoms with Crippen LogP contribution in [0.2, 0.25) is 0 Å². The van der Waals surface area contributed by atoms with Gasteiger partial charge in [-0.05, 0) is 0 Å². The van der Waals surface area contributed by atoms with Crippen LogP contribution in [0.15, 0.2) is 42.7 Å². The van der Waals surface area contributed by atoms with E-state index in [1.165, 1.54) is 19.4 Å². The number of carbonyl (C=O) groups excluding carboxylic acids is 2. The van der Waals surface area contributed by atoms with Gasteiger partial charge in [0.05, 0.1) is 0 Å². The summed E-state index contributed by atoms with van der Waals surface area (Å²) < 4.78 is 11.5. The van der Waals surface area contributed by atoms with Crippen LogP contribution in [-0.2, 0) is 19.1 Å².